The molecule has 0 aromatic heterocycles. The largest absolute Gasteiger partial charge is 0.394 e. The van der Waals surface area contributed by atoms with Gasteiger partial charge in [-0.3, -0.25) is 0 Å². The monoisotopic (exact) mass is 333 g/mol. The van der Waals surface area contributed by atoms with Crippen molar-refractivity contribution in [1.82, 2.24) is 5.32 Å². The number of nitrogens with one attached hydrogen (secondary N) is 1. The summed E-state index contributed by atoms with van der Waals surface area (Å²) in [6.07, 6.45) is 4.35. The molecule has 138 valence electrons. The minimum Gasteiger partial charge on any atom is -0.394 e. The molecule has 1 rings (SSSR count). The molecule has 1 aliphatic rings. The minimum atomic E-state index is -1.04. The van der Waals surface area contributed by atoms with Crippen molar-refractivity contribution in [3.63, 3.8) is 0 Å². The van der Waals surface area contributed by atoms with Crippen molar-refractivity contribution >= 4 is 0 Å². The van der Waals surface area contributed by atoms with Crippen LogP contribution in [0.25, 0.3) is 0 Å². The Morgan fingerprint density at radius 2 is 1.91 bits per heavy atom. The first kappa shape index (κ1) is 22.5. The number of hydrogen-bond donors (Lipinski definition) is 4. The molecule has 4 N–H and O–H groups in total. The van der Waals surface area contributed by atoms with E-state index in [0.717, 1.165) is 38.6 Å². The van der Waals surface area contributed by atoms with E-state index in [2.05, 4.69) is 18.8 Å². The van der Waals surface area contributed by atoms with Gasteiger partial charge in [0.15, 0.2) is 6.29 Å². The third-order valence-electron chi connectivity index (χ3n) is 3.63. The Morgan fingerprint density at radius 3 is 2.48 bits per heavy atom. The summed E-state index contributed by atoms with van der Waals surface area (Å²) in [6.45, 7) is 6.84. The van der Waals surface area contributed by atoms with Crippen molar-refractivity contribution in [2.75, 3.05) is 26.8 Å². The maximum absolute atomic E-state index is 9.62. The van der Waals surface area contributed by atoms with E-state index in [0.29, 0.717) is 6.61 Å². The molecule has 6 heteroatoms. The standard InChI is InChI=1S/C13H27NO5.C4H8/c1-14-6-4-2-3-5-7-18-12-8-10(16)13(17)11(9-15)19-12;1-3-4-2/h10-17H,2-9H2,1H3;3H,1,4H2,2H3. The molecule has 1 saturated heterocycles. The van der Waals surface area contributed by atoms with Crippen molar-refractivity contribution in [3.05, 3.63) is 12.7 Å². The maximum Gasteiger partial charge on any atom is 0.160 e. The lowest BCUT2D eigenvalue weighted by molar-refractivity contribution is -0.256. The summed E-state index contributed by atoms with van der Waals surface area (Å²) in [5, 5.41) is 31.3. The van der Waals surface area contributed by atoms with Gasteiger partial charge in [0.2, 0.25) is 0 Å². The summed E-state index contributed by atoms with van der Waals surface area (Å²) in [4.78, 5) is 0. The maximum atomic E-state index is 9.62. The van der Waals surface area contributed by atoms with Crippen molar-refractivity contribution in [3.8, 4) is 0 Å². The Balaban J connectivity index is 0.00000108. The van der Waals surface area contributed by atoms with Crippen molar-refractivity contribution < 1.29 is 24.8 Å². The molecule has 0 aromatic carbocycles. The van der Waals surface area contributed by atoms with Gasteiger partial charge in [0.05, 0.1) is 12.7 Å². The van der Waals surface area contributed by atoms with Gasteiger partial charge in [0.25, 0.3) is 0 Å². The molecule has 0 spiro atoms. The number of aliphatic hydroxyl groups is 3. The fourth-order valence-electron chi connectivity index (χ4n) is 2.15. The van der Waals surface area contributed by atoms with Crippen LogP contribution in [0.5, 0.6) is 0 Å². The van der Waals surface area contributed by atoms with Crippen LogP contribution in [-0.2, 0) is 9.47 Å². The van der Waals surface area contributed by atoms with E-state index >= 15 is 0 Å². The summed E-state index contributed by atoms with van der Waals surface area (Å²) < 4.78 is 10.9. The molecule has 0 aliphatic carbocycles. The molecule has 4 atom stereocenters. The number of hydrogen-bond acceptors (Lipinski definition) is 6. The van der Waals surface area contributed by atoms with Gasteiger partial charge in [-0.2, -0.15) is 0 Å². The van der Waals surface area contributed by atoms with Crippen LogP contribution >= 0.6 is 0 Å². The summed E-state index contributed by atoms with van der Waals surface area (Å²) in [7, 11) is 1.95. The summed E-state index contributed by atoms with van der Waals surface area (Å²) >= 11 is 0. The van der Waals surface area contributed by atoms with Crippen molar-refractivity contribution in [2.24, 2.45) is 0 Å². The third kappa shape index (κ3) is 10.8. The first-order valence-corrected chi connectivity index (χ1v) is 8.60. The number of aliphatic hydroxyl groups excluding tert-OH is 3. The van der Waals surface area contributed by atoms with Gasteiger partial charge in [-0.1, -0.05) is 25.8 Å². The molecule has 0 bridgehead atoms. The van der Waals surface area contributed by atoms with Crippen molar-refractivity contribution in [1.29, 1.82) is 0 Å². The predicted octanol–water partition coefficient (Wildman–Crippen LogP) is 1.19. The number of rotatable bonds is 10. The number of ether oxygens (including phenoxy) is 2. The van der Waals surface area contributed by atoms with E-state index in [1.54, 1.807) is 0 Å². The highest BCUT2D eigenvalue weighted by Gasteiger charge is 2.36. The molecular weight excluding hydrogens is 298 g/mol. The molecule has 1 fully saturated rings. The fourth-order valence-corrected chi connectivity index (χ4v) is 2.15. The Bertz CT molecular complexity index is 278. The molecule has 6 nitrogen and oxygen atoms in total. The molecule has 0 saturated carbocycles. The van der Waals surface area contributed by atoms with Gasteiger partial charge in [-0.05, 0) is 32.9 Å². The summed E-state index contributed by atoms with van der Waals surface area (Å²) in [6, 6.07) is 0. The zero-order chi connectivity index (χ0) is 17.5. The second-order valence-corrected chi connectivity index (χ2v) is 5.67. The van der Waals surface area contributed by atoms with Crippen LogP contribution in [-0.4, -0.2) is 66.7 Å². The van der Waals surface area contributed by atoms with E-state index in [1.807, 2.05) is 13.1 Å². The predicted molar refractivity (Wildman–Crippen MR) is 91.2 cm³/mol. The lowest BCUT2D eigenvalue weighted by Gasteiger charge is -2.36. The molecule has 4 unspecified atom stereocenters. The van der Waals surface area contributed by atoms with E-state index in [1.165, 1.54) is 0 Å². The first-order valence-electron chi connectivity index (χ1n) is 8.60. The van der Waals surface area contributed by atoms with Gasteiger partial charge in [0.1, 0.15) is 12.2 Å². The Labute approximate surface area is 140 Å². The second kappa shape index (κ2) is 15.1. The molecule has 23 heavy (non-hydrogen) atoms. The van der Waals surface area contributed by atoms with Gasteiger partial charge in [-0.25, -0.2) is 0 Å². The highest BCUT2D eigenvalue weighted by Crippen LogP contribution is 2.21. The Morgan fingerprint density at radius 1 is 1.26 bits per heavy atom. The lowest BCUT2D eigenvalue weighted by atomic mass is 10.0. The normalized spacial score (nSPS) is 27.2. The number of unbranched alkanes of at least 4 members (excludes halogenated alkanes) is 3. The van der Waals surface area contributed by atoms with E-state index in [-0.39, 0.29) is 13.0 Å². The Hall–Kier alpha value is -0.500. The first-order chi connectivity index (χ1) is 11.1. The zero-order valence-corrected chi connectivity index (χ0v) is 14.6. The SMILES string of the molecule is C=CCC.CNCCCCCCOC1CC(O)C(O)C(CO)O1. The second-order valence-electron chi connectivity index (χ2n) is 5.67. The van der Waals surface area contributed by atoms with Crippen LogP contribution in [0, 0.1) is 0 Å². The molecule has 1 aliphatic heterocycles. The smallest absolute Gasteiger partial charge is 0.160 e. The summed E-state index contributed by atoms with van der Waals surface area (Å²) in [5.41, 5.74) is 0. The third-order valence-corrected chi connectivity index (χ3v) is 3.63. The minimum absolute atomic E-state index is 0.247. The Kier molecular flexibility index (Phi) is 14.7. The van der Waals surface area contributed by atoms with Gasteiger partial charge < -0.3 is 30.1 Å². The average molecular weight is 333 g/mol. The fraction of sp³-hybridized carbons (Fsp3) is 0.882. The van der Waals surface area contributed by atoms with Crippen LogP contribution < -0.4 is 5.32 Å². The lowest BCUT2D eigenvalue weighted by Crippen LogP contribution is -2.50. The molecule has 1 heterocycles. The summed E-state index contributed by atoms with van der Waals surface area (Å²) in [5.74, 6) is 0. The van der Waals surface area contributed by atoms with Crippen LogP contribution in [0.15, 0.2) is 12.7 Å². The van der Waals surface area contributed by atoms with Crippen LogP contribution in [0.4, 0.5) is 0 Å². The van der Waals surface area contributed by atoms with Crippen molar-refractivity contribution in [2.45, 2.75) is 70.1 Å². The molecular formula is C17H35NO5. The van der Waals surface area contributed by atoms with E-state index in [9.17, 15) is 10.2 Å². The van der Waals surface area contributed by atoms with E-state index in [4.69, 9.17) is 14.6 Å². The molecule has 0 radical (unpaired) electrons. The van der Waals surface area contributed by atoms with Crippen LogP contribution in [0.1, 0.15) is 45.4 Å². The molecule has 0 aromatic rings. The van der Waals surface area contributed by atoms with E-state index < -0.39 is 24.6 Å². The highest BCUT2D eigenvalue weighted by atomic mass is 16.7. The highest BCUT2D eigenvalue weighted by molar-refractivity contribution is 4.82. The molecule has 0 amide bonds. The quantitative estimate of drug-likeness (QED) is 0.355. The number of allylic oxidation sites excluding steroid dienone is 1. The van der Waals surface area contributed by atoms with Crippen LogP contribution in [0.3, 0.4) is 0 Å². The van der Waals surface area contributed by atoms with Gasteiger partial charge in [0, 0.05) is 13.0 Å². The topological polar surface area (TPSA) is 91.2 Å². The van der Waals surface area contributed by atoms with Crippen LogP contribution in [0.2, 0.25) is 0 Å². The van der Waals surface area contributed by atoms with Gasteiger partial charge in [-0.15, -0.1) is 6.58 Å². The zero-order valence-electron chi connectivity index (χ0n) is 14.6. The average Bonchev–Trinajstić information content (AvgIpc) is 2.57. The van der Waals surface area contributed by atoms with Gasteiger partial charge >= 0.3 is 0 Å².